The molecule has 4 heterocycles. The first-order chi connectivity index (χ1) is 17.8. The molecular formula is C30H23N3OS2. The van der Waals surface area contributed by atoms with Crippen molar-refractivity contribution in [2.75, 3.05) is 11.6 Å². The van der Waals surface area contributed by atoms with Crippen LogP contribution in [-0.2, 0) is 10.3 Å². The summed E-state index contributed by atoms with van der Waals surface area (Å²) in [4.78, 5) is 29.1. The van der Waals surface area contributed by atoms with Crippen LogP contribution in [0.1, 0.15) is 28.5 Å². The van der Waals surface area contributed by atoms with Crippen molar-refractivity contribution in [3.63, 3.8) is 0 Å². The minimum Gasteiger partial charge on any atom is -0.294 e. The van der Waals surface area contributed by atoms with Crippen LogP contribution in [0.5, 0.6) is 0 Å². The van der Waals surface area contributed by atoms with Gasteiger partial charge in [-0.15, -0.1) is 23.1 Å². The fraction of sp³-hybridized carbons (Fsp3) is 0.233. The molecule has 2 aromatic heterocycles. The minimum absolute atomic E-state index is 0.112. The summed E-state index contributed by atoms with van der Waals surface area (Å²) >= 11 is 3.75. The second-order valence-corrected chi connectivity index (χ2v) is 11.9. The molecule has 2 aromatic carbocycles. The van der Waals surface area contributed by atoms with Crippen LogP contribution in [0, 0.1) is 5.92 Å². The van der Waals surface area contributed by atoms with Crippen molar-refractivity contribution in [1.29, 1.82) is 0 Å². The van der Waals surface area contributed by atoms with E-state index in [0.717, 1.165) is 45.2 Å². The molecule has 4 atom stereocenters. The lowest BCUT2D eigenvalue weighted by Gasteiger charge is -2.39. The van der Waals surface area contributed by atoms with Crippen LogP contribution in [0.2, 0.25) is 0 Å². The topological polar surface area (TPSA) is 46.1 Å². The van der Waals surface area contributed by atoms with E-state index >= 15 is 0 Å². The minimum atomic E-state index is -0.633. The van der Waals surface area contributed by atoms with E-state index in [0.29, 0.717) is 6.42 Å². The van der Waals surface area contributed by atoms with Gasteiger partial charge in [-0.1, -0.05) is 60.7 Å². The Morgan fingerprint density at radius 3 is 2.64 bits per heavy atom. The second-order valence-electron chi connectivity index (χ2n) is 9.97. The zero-order valence-electron chi connectivity index (χ0n) is 19.5. The lowest BCUT2D eigenvalue weighted by molar-refractivity contribution is -0.121. The number of hydrogen-bond donors (Lipinski definition) is 0. The third-order valence-electron chi connectivity index (χ3n) is 8.36. The summed E-state index contributed by atoms with van der Waals surface area (Å²) in [5.41, 5.74) is 6.26. The third kappa shape index (κ3) is 2.62. The number of Topliss-reactive ketones (excluding diaryl/α,β-unsaturated/α-hetero) is 1. The number of carbonyl (C=O) groups excluding carboxylic acids is 1. The van der Waals surface area contributed by atoms with Gasteiger partial charge in [-0.2, -0.15) is 0 Å². The highest BCUT2D eigenvalue weighted by molar-refractivity contribution is 7.99. The molecule has 1 spiro atoms. The maximum Gasteiger partial charge on any atom is 0.165 e. The first-order valence-corrected chi connectivity index (χ1v) is 14.5. The van der Waals surface area contributed by atoms with Crippen LogP contribution in [0.3, 0.4) is 0 Å². The average molecular weight is 506 g/mol. The number of thiophene rings is 1. The molecule has 6 heteroatoms. The van der Waals surface area contributed by atoms with Crippen LogP contribution in [0.15, 0.2) is 89.8 Å². The molecule has 0 N–H and O–H groups in total. The van der Waals surface area contributed by atoms with E-state index in [1.54, 1.807) is 11.3 Å². The number of nitrogens with zero attached hydrogens (tertiary/aromatic N) is 3. The van der Waals surface area contributed by atoms with E-state index in [4.69, 9.17) is 9.97 Å². The normalized spacial score (nSPS) is 28.0. The van der Waals surface area contributed by atoms with Gasteiger partial charge in [0.15, 0.2) is 5.78 Å². The summed E-state index contributed by atoms with van der Waals surface area (Å²) in [5, 5.41) is 2.15. The Kier molecular flexibility index (Phi) is 4.52. The number of thioether (sulfide) groups is 1. The monoisotopic (exact) mass is 505 g/mol. The summed E-state index contributed by atoms with van der Waals surface area (Å²) in [5.74, 6) is 2.02. The lowest BCUT2D eigenvalue weighted by atomic mass is 9.70. The molecule has 2 saturated heterocycles. The molecule has 0 radical (unpaired) electrons. The predicted molar refractivity (Wildman–Crippen MR) is 146 cm³/mol. The number of benzene rings is 2. The Morgan fingerprint density at radius 2 is 1.83 bits per heavy atom. The van der Waals surface area contributed by atoms with Gasteiger partial charge >= 0.3 is 0 Å². The van der Waals surface area contributed by atoms with E-state index in [1.807, 2.05) is 48.2 Å². The van der Waals surface area contributed by atoms with Gasteiger partial charge in [-0.25, -0.2) is 9.97 Å². The van der Waals surface area contributed by atoms with Crippen LogP contribution in [-0.4, -0.2) is 38.3 Å². The van der Waals surface area contributed by atoms with Gasteiger partial charge < -0.3 is 0 Å². The second kappa shape index (κ2) is 7.72. The standard InChI is InChI=1S/C30H23N3OS2/c34-28(18-8-1-2-9-18)26-25(24-14-7-15-36-24)23-16-35-17-33(23)30(26)20-11-4-3-10-19(20)27-29(30)32-22-13-6-5-12-21(22)31-27/h1-8,10-15,23,25-26H,9,16-17H2/t23?,25-,26+,30+/m1/s1. The summed E-state index contributed by atoms with van der Waals surface area (Å²) in [7, 11) is 0. The zero-order valence-corrected chi connectivity index (χ0v) is 21.1. The van der Waals surface area contributed by atoms with Crippen LogP contribution in [0.25, 0.3) is 22.3 Å². The van der Waals surface area contributed by atoms with Crippen molar-refractivity contribution < 1.29 is 4.79 Å². The van der Waals surface area contributed by atoms with Crippen LogP contribution in [0.4, 0.5) is 0 Å². The molecule has 4 aliphatic rings. The van der Waals surface area contributed by atoms with Crippen LogP contribution < -0.4 is 0 Å². The van der Waals surface area contributed by atoms with Gasteiger partial charge in [0.1, 0.15) is 5.54 Å². The van der Waals surface area contributed by atoms with E-state index in [-0.39, 0.29) is 23.7 Å². The summed E-state index contributed by atoms with van der Waals surface area (Å²) in [6.45, 7) is 0. The van der Waals surface area contributed by atoms with Gasteiger partial charge in [0, 0.05) is 34.0 Å². The fourth-order valence-corrected chi connectivity index (χ4v) is 9.25. The Bertz CT molecular complexity index is 1610. The summed E-state index contributed by atoms with van der Waals surface area (Å²) < 4.78 is 0. The van der Waals surface area contributed by atoms with Crippen molar-refractivity contribution in [3.05, 3.63) is 106 Å². The molecule has 36 heavy (non-hydrogen) atoms. The predicted octanol–water partition coefficient (Wildman–Crippen LogP) is 6.16. The maximum absolute atomic E-state index is 14.6. The fourth-order valence-electron chi connectivity index (χ4n) is 7.01. The summed E-state index contributed by atoms with van der Waals surface area (Å²) in [6.07, 6.45) is 6.85. The molecule has 1 unspecified atom stereocenters. The summed E-state index contributed by atoms with van der Waals surface area (Å²) in [6, 6.07) is 21.3. The van der Waals surface area contributed by atoms with E-state index < -0.39 is 5.54 Å². The molecule has 2 fully saturated rings. The van der Waals surface area contributed by atoms with E-state index in [2.05, 4.69) is 52.8 Å². The Hall–Kier alpha value is -3.06. The smallest absolute Gasteiger partial charge is 0.165 e. The molecule has 2 aliphatic carbocycles. The molecule has 8 rings (SSSR count). The SMILES string of the molecule is O=C(C1=CC=CC1)[C@@H]1[C@@H](c2cccs2)C2CSCN2[C@@]12c1ccccc1-c1nc3ccccc3nc12. The molecule has 0 bridgehead atoms. The number of aromatic nitrogens is 2. The quantitative estimate of drug-likeness (QED) is 0.334. The van der Waals surface area contributed by atoms with Gasteiger partial charge in [0.05, 0.1) is 28.3 Å². The van der Waals surface area contributed by atoms with Gasteiger partial charge in [-0.3, -0.25) is 9.69 Å². The van der Waals surface area contributed by atoms with Crippen molar-refractivity contribution in [3.8, 4) is 11.3 Å². The lowest BCUT2D eigenvalue weighted by Crippen LogP contribution is -2.48. The van der Waals surface area contributed by atoms with Crippen molar-refractivity contribution in [1.82, 2.24) is 14.9 Å². The molecule has 2 aliphatic heterocycles. The molecule has 4 nitrogen and oxygen atoms in total. The Balaban J connectivity index is 1.48. The van der Waals surface area contributed by atoms with E-state index in [9.17, 15) is 4.79 Å². The molecule has 176 valence electrons. The van der Waals surface area contributed by atoms with Crippen molar-refractivity contribution >= 4 is 39.9 Å². The number of allylic oxidation sites excluding steroid dienone is 4. The number of ketones is 1. The van der Waals surface area contributed by atoms with Gasteiger partial charge in [0.25, 0.3) is 0 Å². The van der Waals surface area contributed by atoms with E-state index in [1.165, 1.54) is 10.4 Å². The Morgan fingerprint density at radius 1 is 1.00 bits per heavy atom. The molecule has 0 saturated carbocycles. The number of rotatable bonds is 3. The van der Waals surface area contributed by atoms with Crippen molar-refractivity contribution in [2.24, 2.45) is 5.92 Å². The molecule has 0 amide bonds. The van der Waals surface area contributed by atoms with Crippen LogP contribution >= 0.6 is 23.1 Å². The largest absolute Gasteiger partial charge is 0.294 e. The van der Waals surface area contributed by atoms with Crippen molar-refractivity contribution in [2.45, 2.75) is 23.9 Å². The number of carbonyl (C=O) groups is 1. The highest BCUT2D eigenvalue weighted by Crippen LogP contribution is 2.65. The third-order valence-corrected chi connectivity index (χ3v) is 10.4. The zero-order chi connectivity index (χ0) is 23.9. The highest BCUT2D eigenvalue weighted by Gasteiger charge is 2.68. The first-order valence-electron chi connectivity index (χ1n) is 12.4. The number of hydrogen-bond acceptors (Lipinski definition) is 6. The molecular weight excluding hydrogens is 482 g/mol. The maximum atomic E-state index is 14.6. The van der Waals surface area contributed by atoms with Gasteiger partial charge in [-0.05, 0) is 41.1 Å². The first kappa shape index (κ1) is 21.1. The highest BCUT2D eigenvalue weighted by atomic mass is 32.2. The van der Waals surface area contributed by atoms with Gasteiger partial charge in [0.2, 0.25) is 0 Å². The Labute approximate surface area is 217 Å². The number of para-hydroxylation sites is 2. The number of fused-ring (bicyclic) bond motifs is 8. The average Bonchev–Trinajstić information content (AvgIpc) is 3.74. The molecule has 4 aromatic rings.